The van der Waals surface area contributed by atoms with Crippen molar-refractivity contribution in [2.45, 2.75) is 19.0 Å². The van der Waals surface area contributed by atoms with Crippen LogP contribution in [0, 0.1) is 0 Å². The molecule has 0 aliphatic carbocycles. The number of tetrazole rings is 1. The van der Waals surface area contributed by atoms with Crippen LogP contribution in [0.2, 0.25) is 10.0 Å². The second-order valence-electron chi connectivity index (χ2n) is 9.38. The summed E-state index contributed by atoms with van der Waals surface area (Å²) in [5, 5.41) is 18.3. The highest BCUT2D eigenvalue weighted by Crippen LogP contribution is 2.48. The monoisotopic (exact) mass is 681 g/mol. The molecule has 4 heterocycles. The van der Waals surface area contributed by atoms with Crippen LogP contribution >= 0.6 is 23.2 Å². The van der Waals surface area contributed by atoms with Crippen LogP contribution in [0.15, 0.2) is 54.7 Å². The molecule has 0 fully saturated rings. The lowest BCUT2D eigenvalue weighted by molar-refractivity contribution is -0.286. The van der Waals surface area contributed by atoms with E-state index in [1.54, 1.807) is 0 Å². The standard InChI is InChI=1S/C26H14Cl2F5N9O4/c27-14-2-1-7-35-23(14)42-16(24(44)36-19-15(28)9-17-20(18(19)21(34)43)46-26(32,33)45-17)8-13(38-42)10-41-39-22(37-40-41)11-3-5-12(6-4-11)25(29,30)31/h1-9H,10H2,(H2,34,43)(H,36,44). The smallest absolute Gasteiger partial charge is 0.395 e. The van der Waals surface area contributed by atoms with E-state index in [9.17, 15) is 31.5 Å². The maximum Gasteiger partial charge on any atom is 0.586 e. The van der Waals surface area contributed by atoms with E-state index >= 15 is 0 Å². The van der Waals surface area contributed by atoms with E-state index in [4.69, 9.17) is 28.9 Å². The van der Waals surface area contributed by atoms with Crippen molar-refractivity contribution in [3.8, 4) is 28.7 Å². The van der Waals surface area contributed by atoms with Gasteiger partial charge in [0.15, 0.2) is 17.3 Å². The lowest BCUT2D eigenvalue weighted by Crippen LogP contribution is -2.26. The van der Waals surface area contributed by atoms with Gasteiger partial charge in [-0.25, -0.2) is 9.67 Å². The van der Waals surface area contributed by atoms with Gasteiger partial charge in [0.05, 0.1) is 27.0 Å². The van der Waals surface area contributed by atoms with Crippen molar-refractivity contribution in [2.24, 2.45) is 5.73 Å². The minimum atomic E-state index is -4.52. The molecule has 0 unspecified atom stereocenters. The molecular formula is C26H14Cl2F5N9O4. The van der Waals surface area contributed by atoms with E-state index in [1.165, 1.54) is 36.5 Å². The molecule has 0 atom stereocenters. The zero-order valence-electron chi connectivity index (χ0n) is 22.4. The summed E-state index contributed by atoms with van der Waals surface area (Å²) in [6.07, 6.45) is -7.27. The van der Waals surface area contributed by atoms with Crippen LogP contribution in [0.4, 0.5) is 27.6 Å². The number of ether oxygens (including phenoxy) is 2. The van der Waals surface area contributed by atoms with Crippen molar-refractivity contribution < 1.29 is 41.0 Å². The van der Waals surface area contributed by atoms with Crippen LogP contribution in [0.1, 0.15) is 32.1 Å². The summed E-state index contributed by atoms with van der Waals surface area (Å²) in [5.74, 6) is -3.53. The van der Waals surface area contributed by atoms with E-state index in [1.807, 2.05) is 0 Å². The summed E-state index contributed by atoms with van der Waals surface area (Å²) >= 11 is 12.5. The Kier molecular flexibility index (Phi) is 7.48. The summed E-state index contributed by atoms with van der Waals surface area (Å²) < 4.78 is 76.1. The van der Waals surface area contributed by atoms with Gasteiger partial charge >= 0.3 is 12.5 Å². The molecule has 20 heteroatoms. The molecule has 0 saturated carbocycles. The minimum absolute atomic E-state index is 0.00381. The molecule has 1 aliphatic heterocycles. The Morgan fingerprint density at radius 2 is 1.76 bits per heavy atom. The molecule has 0 bridgehead atoms. The van der Waals surface area contributed by atoms with E-state index in [-0.39, 0.29) is 45.2 Å². The van der Waals surface area contributed by atoms with Gasteiger partial charge in [-0.2, -0.15) is 23.1 Å². The van der Waals surface area contributed by atoms with Crippen molar-refractivity contribution in [1.29, 1.82) is 0 Å². The minimum Gasteiger partial charge on any atom is -0.395 e. The molecule has 46 heavy (non-hydrogen) atoms. The summed E-state index contributed by atoms with van der Waals surface area (Å²) in [7, 11) is 0. The van der Waals surface area contributed by atoms with Crippen molar-refractivity contribution in [1.82, 2.24) is 35.0 Å². The molecule has 236 valence electrons. The van der Waals surface area contributed by atoms with Gasteiger partial charge in [-0.3, -0.25) is 9.59 Å². The lowest BCUT2D eigenvalue weighted by Gasteiger charge is -2.14. The molecule has 6 rings (SSSR count). The van der Waals surface area contributed by atoms with Crippen LogP contribution in [0.3, 0.4) is 0 Å². The first-order valence-electron chi connectivity index (χ1n) is 12.6. The van der Waals surface area contributed by atoms with Gasteiger partial charge in [0, 0.05) is 17.8 Å². The number of primary amides is 1. The Morgan fingerprint density at radius 1 is 1.02 bits per heavy atom. The Balaban J connectivity index is 1.34. The van der Waals surface area contributed by atoms with E-state index < -0.39 is 52.6 Å². The number of fused-ring (bicyclic) bond motifs is 1. The molecule has 0 spiro atoms. The number of amides is 2. The van der Waals surface area contributed by atoms with Gasteiger partial charge in [0.1, 0.15) is 17.8 Å². The Bertz CT molecular complexity index is 2020. The Morgan fingerprint density at radius 3 is 2.43 bits per heavy atom. The van der Waals surface area contributed by atoms with Gasteiger partial charge in [-0.1, -0.05) is 35.3 Å². The van der Waals surface area contributed by atoms with Gasteiger partial charge < -0.3 is 20.5 Å². The topological polar surface area (TPSA) is 165 Å². The highest BCUT2D eigenvalue weighted by atomic mass is 35.5. The van der Waals surface area contributed by atoms with Crippen molar-refractivity contribution in [3.05, 3.63) is 87.3 Å². The second kappa shape index (κ2) is 11.2. The first kappa shape index (κ1) is 30.7. The first-order valence-corrected chi connectivity index (χ1v) is 13.3. The molecule has 2 amide bonds. The summed E-state index contributed by atoms with van der Waals surface area (Å²) in [6, 6.07) is 9.31. The van der Waals surface area contributed by atoms with Gasteiger partial charge in [0.2, 0.25) is 5.82 Å². The lowest BCUT2D eigenvalue weighted by atomic mass is 10.1. The molecular weight excluding hydrogens is 668 g/mol. The third-order valence-electron chi connectivity index (χ3n) is 6.29. The summed E-state index contributed by atoms with van der Waals surface area (Å²) in [4.78, 5) is 31.1. The van der Waals surface area contributed by atoms with Crippen LogP contribution in [0.25, 0.3) is 17.2 Å². The number of halogens is 7. The number of nitrogens with zero attached hydrogens (tertiary/aromatic N) is 7. The molecule has 0 saturated heterocycles. The Hall–Kier alpha value is -5.36. The zero-order valence-corrected chi connectivity index (χ0v) is 23.9. The van der Waals surface area contributed by atoms with Crippen molar-refractivity contribution in [3.63, 3.8) is 0 Å². The largest absolute Gasteiger partial charge is 0.586 e. The number of hydrogen-bond acceptors (Lipinski definition) is 9. The number of hydrogen-bond donors (Lipinski definition) is 2. The molecule has 0 radical (unpaired) electrons. The molecule has 3 N–H and O–H groups in total. The predicted molar refractivity (Wildman–Crippen MR) is 148 cm³/mol. The van der Waals surface area contributed by atoms with Gasteiger partial charge in [-0.05, 0) is 35.5 Å². The average molecular weight is 682 g/mol. The van der Waals surface area contributed by atoms with Crippen molar-refractivity contribution in [2.75, 3.05) is 5.32 Å². The highest BCUT2D eigenvalue weighted by molar-refractivity contribution is 6.35. The second-order valence-corrected chi connectivity index (χ2v) is 10.2. The normalized spacial score (nSPS) is 13.5. The molecule has 3 aromatic heterocycles. The van der Waals surface area contributed by atoms with Crippen LogP contribution in [0.5, 0.6) is 11.5 Å². The van der Waals surface area contributed by atoms with Crippen LogP contribution in [-0.4, -0.2) is 53.1 Å². The number of aromatic nitrogens is 7. The molecule has 13 nitrogen and oxygen atoms in total. The maximum atomic E-state index is 13.8. The van der Waals surface area contributed by atoms with Crippen LogP contribution in [-0.2, 0) is 12.7 Å². The number of alkyl halides is 5. The molecule has 2 aromatic carbocycles. The number of carbonyl (C=O) groups excluding carboxylic acids is 2. The predicted octanol–water partition coefficient (Wildman–Crippen LogP) is 4.97. The third kappa shape index (κ3) is 5.86. The van der Waals surface area contributed by atoms with E-state index in [0.717, 1.165) is 27.7 Å². The number of benzene rings is 2. The fourth-order valence-electron chi connectivity index (χ4n) is 4.33. The van der Waals surface area contributed by atoms with Gasteiger partial charge in [-0.15, -0.1) is 19.0 Å². The first-order chi connectivity index (χ1) is 21.7. The zero-order chi connectivity index (χ0) is 33.0. The van der Waals surface area contributed by atoms with Crippen molar-refractivity contribution >= 4 is 40.7 Å². The maximum absolute atomic E-state index is 13.8. The Labute approximate surface area is 262 Å². The van der Waals surface area contributed by atoms with Gasteiger partial charge in [0.25, 0.3) is 11.8 Å². The average Bonchev–Trinajstić information content (AvgIpc) is 3.69. The van der Waals surface area contributed by atoms with Crippen LogP contribution < -0.4 is 20.5 Å². The van der Waals surface area contributed by atoms with E-state index in [0.29, 0.717) is 0 Å². The highest BCUT2D eigenvalue weighted by Gasteiger charge is 2.46. The number of pyridine rings is 1. The SMILES string of the molecule is NC(=O)c1c(NC(=O)c2cc(Cn3nnc(-c4ccc(C(F)(F)F)cc4)n3)nn2-c2ncccc2Cl)c(Cl)cc2c1OC(F)(F)O2. The number of rotatable bonds is 7. The fraction of sp³-hybridized carbons (Fsp3) is 0.115. The fourth-order valence-corrected chi connectivity index (χ4v) is 4.77. The summed E-state index contributed by atoms with van der Waals surface area (Å²) in [5.41, 5.74) is 3.60. The number of anilines is 1. The summed E-state index contributed by atoms with van der Waals surface area (Å²) in [6.45, 7) is -0.197. The number of carbonyl (C=O) groups is 2. The van der Waals surface area contributed by atoms with E-state index in [2.05, 4.69) is 40.3 Å². The third-order valence-corrected chi connectivity index (χ3v) is 6.88. The molecule has 5 aromatic rings. The quantitative estimate of drug-likeness (QED) is 0.226. The molecule has 1 aliphatic rings. The number of nitrogens with two attached hydrogens (primary N) is 1. The number of nitrogens with one attached hydrogen (secondary N) is 1.